The normalized spacial score (nSPS) is 17.2. The molecule has 4 rings (SSSR count). The number of aliphatic hydroxyl groups is 1. The highest BCUT2D eigenvalue weighted by Gasteiger charge is 2.23. The van der Waals surface area contributed by atoms with E-state index in [9.17, 15) is 5.11 Å². The summed E-state index contributed by atoms with van der Waals surface area (Å²) in [5.74, 6) is 1.74. The molecule has 0 radical (unpaired) electrons. The molecule has 31 heavy (non-hydrogen) atoms. The van der Waals surface area contributed by atoms with E-state index in [1.807, 2.05) is 66.7 Å². The number of rotatable bonds is 8. The summed E-state index contributed by atoms with van der Waals surface area (Å²) in [5, 5.41) is 14.3. The van der Waals surface area contributed by atoms with E-state index in [0.29, 0.717) is 6.04 Å². The highest BCUT2D eigenvalue weighted by atomic mass is 16.5. The summed E-state index contributed by atoms with van der Waals surface area (Å²) in [6.07, 6.45) is 1.70. The minimum atomic E-state index is -0.480. The van der Waals surface area contributed by atoms with Gasteiger partial charge in [0.25, 0.3) is 0 Å². The zero-order valence-corrected chi connectivity index (χ0v) is 18.2. The van der Waals surface area contributed by atoms with Crippen LogP contribution in [0.4, 0.5) is 0 Å². The van der Waals surface area contributed by atoms with E-state index < -0.39 is 6.10 Å². The van der Waals surface area contributed by atoms with E-state index in [1.165, 1.54) is 5.56 Å². The van der Waals surface area contributed by atoms with Crippen LogP contribution in [-0.2, 0) is 6.54 Å². The molecule has 3 aromatic carbocycles. The number of benzene rings is 3. The Kier molecular flexibility index (Phi) is 7.36. The molecule has 162 valence electrons. The van der Waals surface area contributed by atoms with E-state index in [-0.39, 0.29) is 6.04 Å². The van der Waals surface area contributed by atoms with E-state index >= 15 is 0 Å². The maximum atomic E-state index is 10.6. The summed E-state index contributed by atoms with van der Waals surface area (Å²) in [4.78, 5) is 2.50. The van der Waals surface area contributed by atoms with Gasteiger partial charge >= 0.3 is 0 Å². The minimum Gasteiger partial charge on any atom is -0.457 e. The quantitative estimate of drug-likeness (QED) is 0.533. The molecule has 3 aromatic rings. The van der Waals surface area contributed by atoms with Crippen molar-refractivity contribution < 1.29 is 9.84 Å². The van der Waals surface area contributed by atoms with Gasteiger partial charge in [-0.1, -0.05) is 60.7 Å². The number of piperidine rings is 1. The van der Waals surface area contributed by atoms with Gasteiger partial charge in [-0.05, 0) is 68.2 Å². The van der Waals surface area contributed by atoms with E-state index in [4.69, 9.17) is 4.74 Å². The van der Waals surface area contributed by atoms with E-state index in [1.54, 1.807) is 0 Å². The van der Waals surface area contributed by atoms with Gasteiger partial charge in [-0.15, -0.1) is 0 Å². The highest BCUT2D eigenvalue weighted by molar-refractivity contribution is 5.33. The summed E-state index contributed by atoms with van der Waals surface area (Å²) in [6.45, 7) is 5.11. The second-order valence-electron chi connectivity index (χ2n) is 8.42. The molecule has 1 aliphatic rings. The third kappa shape index (κ3) is 6.17. The van der Waals surface area contributed by atoms with Crippen LogP contribution in [0.25, 0.3) is 0 Å². The fourth-order valence-corrected chi connectivity index (χ4v) is 4.25. The van der Waals surface area contributed by atoms with Gasteiger partial charge in [0.05, 0.1) is 6.10 Å². The third-order valence-corrected chi connectivity index (χ3v) is 5.98. The first-order valence-corrected chi connectivity index (χ1v) is 11.2. The van der Waals surface area contributed by atoms with Crippen LogP contribution in [-0.4, -0.2) is 35.2 Å². The van der Waals surface area contributed by atoms with Crippen LogP contribution in [0.5, 0.6) is 11.5 Å². The highest BCUT2D eigenvalue weighted by Crippen LogP contribution is 2.24. The molecule has 2 N–H and O–H groups in total. The van der Waals surface area contributed by atoms with Gasteiger partial charge in [0.15, 0.2) is 0 Å². The van der Waals surface area contributed by atoms with Crippen molar-refractivity contribution in [2.24, 2.45) is 0 Å². The van der Waals surface area contributed by atoms with Gasteiger partial charge in [-0.2, -0.15) is 0 Å². The number of ether oxygens (including phenoxy) is 1. The predicted octanol–water partition coefficient (Wildman–Crippen LogP) is 5.16. The number of para-hydroxylation sites is 1. The first-order valence-electron chi connectivity index (χ1n) is 11.2. The number of nitrogens with zero attached hydrogens (tertiary/aromatic N) is 1. The van der Waals surface area contributed by atoms with Crippen molar-refractivity contribution in [3.05, 3.63) is 96.1 Å². The van der Waals surface area contributed by atoms with Crippen LogP contribution >= 0.6 is 0 Å². The number of nitrogens with one attached hydrogen (secondary N) is 1. The lowest BCUT2D eigenvalue weighted by molar-refractivity contribution is 0.114. The number of hydrogen-bond acceptors (Lipinski definition) is 4. The molecule has 0 aromatic heterocycles. The van der Waals surface area contributed by atoms with Crippen LogP contribution in [0.3, 0.4) is 0 Å². The fraction of sp³-hybridized carbons (Fsp3) is 0.333. The summed E-state index contributed by atoms with van der Waals surface area (Å²) >= 11 is 0. The summed E-state index contributed by atoms with van der Waals surface area (Å²) < 4.78 is 5.98. The summed E-state index contributed by atoms with van der Waals surface area (Å²) in [7, 11) is 0. The van der Waals surface area contributed by atoms with Crippen LogP contribution in [0, 0.1) is 0 Å². The van der Waals surface area contributed by atoms with Gasteiger partial charge in [0, 0.05) is 18.6 Å². The Bertz CT molecular complexity index is 924. The summed E-state index contributed by atoms with van der Waals surface area (Å²) in [5.41, 5.74) is 2.24. The lowest BCUT2D eigenvalue weighted by Gasteiger charge is -2.35. The van der Waals surface area contributed by atoms with Gasteiger partial charge in [0.1, 0.15) is 11.5 Å². The molecule has 1 saturated heterocycles. The zero-order chi connectivity index (χ0) is 21.5. The maximum Gasteiger partial charge on any atom is 0.127 e. The average molecular weight is 417 g/mol. The Balaban J connectivity index is 1.25. The molecule has 4 heteroatoms. The third-order valence-electron chi connectivity index (χ3n) is 5.98. The largest absolute Gasteiger partial charge is 0.457 e. The second-order valence-corrected chi connectivity index (χ2v) is 8.42. The Morgan fingerprint density at radius 1 is 0.903 bits per heavy atom. The zero-order valence-electron chi connectivity index (χ0n) is 18.2. The molecule has 4 nitrogen and oxygen atoms in total. The Morgan fingerprint density at radius 2 is 1.55 bits per heavy atom. The Morgan fingerprint density at radius 3 is 2.26 bits per heavy atom. The smallest absolute Gasteiger partial charge is 0.127 e. The monoisotopic (exact) mass is 416 g/mol. The first-order chi connectivity index (χ1) is 15.2. The van der Waals surface area contributed by atoms with E-state index in [0.717, 1.165) is 49.5 Å². The van der Waals surface area contributed by atoms with Gasteiger partial charge in [0.2, 0.25) is 0 Å². The molecule has 0 spiro atoms. The fourth-order valence-electron chi connectivity index (χ4n) is 4.25. The molecule has 1 aliphatic heterocycles. The second kappa shape index (κ2) is 10.6. The van der Waals surface area contributed by atoms with Crippen molar-refractivity contribution in [3.8, 4) is 11.5 Å². The number of aliphatic hydroxyl groups excluding tert-OH is 1. The average Bonchev–Trinajstić information content (AvgIpc) is 2.81. The SMILES string of the molecule is C[C@H](NC1CCN(Cc2cccc(Oc3ccccc3)c2)CC1)[C@H](O)c1ccccc1. The van der Waals surface area contributed by atoms with Crippen LogP contribution in [0.15, 0.2) is 84.9 Å². The molecule has 1 heterocycles. The molecule has 0 saturated carbocycles. The molecule has 0 bridgehead atoms. The standard InChI is InChI=1S/C27H32N2O2/c1-21(27(30)23-10-4-2-5-11-23)28-24-15-17-29(18-16-24)20-22-9-8-14-26(19-22)31-25-12-6-3-7-13-25/h2-14,19,21,24,27-28,30H,15-18,20H2,1H3/t21-,27-/m0/s1. The van der Waals surface area contributed by atoms with Crippen LogP contribution in [0.1, 0.15) is 37.0 Å². The summed E-state index contributed by atoms with van der Waals surface area (Å²) in [6, 6.07) is 28.7. The predicted molar refractivity (Wildman–Crippen MR) is 125 cm³/mol. The van der Waals surface area contributed by atoms with Crippen LogP contribution in [0.2, 0.25) is 0 Å². The van der Waals surface area contributed by atoms with Crippen molar-refractivity contribution in [3.63, 3.8) is 0 Å². The van der Waals surface area contributed by atoms with Crippen LogP contribution < -0.4 is 10.1 Å². The lowest BCUT2D eigenvalue weighted by atomic mass is 9.99. The van der Waals surface area contributed by atoms with Crippen molar-refractivity contribution in [2.75, 3.05) is 13.1 Å². The molecule has 2 atom stereocenters. The molecule has 0 aliphatic carbocycles. The molecular formula is C27H32N2O2. The molecule has 0 amide bonds. The topological polar surface area (TPSA) is 44.7 Å². The van der Waals surface area contributed by atoms with Gasteiger partial charge < -0.3 is 15.2 Å². The van der Waals surface area contributed by atoms with Crippen molar-refractivity contribution in [1.29, 1.82) is 0 Å². The Hall–Kier alpha value is -2.66. The molecular weight excluding hydrogens is 384 g/mol. The van der Waals surface area contributed by atoms with Gasteiger partial charge in [-0.3, -0.25) is 4.90 Å². The molecule has 1 fully saturated rings. The van der Waals surface area contributed by atoms with Gasteiger partial charge in [-0.25, -0.2) is 0 Å². The van der Waals surface area contributed by atoms with Crippen molar-refractivity contribution in [1.82, 2.24) is 10.2 Å². The van der Waals surface area contributed by atoms with Crippen molar-refractivity contribution in [2.45, 2.75) is 44.5 Å². The minimum absolute atomic E-state index is 0.0331. The van der Waals surface area contributed by atoms with Crippen molar-refractivity contribution >= 4 is 0 Å². The Labute approximate surface area is 185 Å². The lowest BCUT2D eigenvalue weighted by Crippen LogP contribution is -2.46. The molecule has 0 unspecified atom stereocenters. The number of likely N-dealkylation sites (tertiary alicyclic amines) is 1. The maximum absolute atomic E-state index is 10.6. The first kappa shape index (κ1) is 21.6. The number of hydrogen-bond donors (Lipinski definition) is 2. The van der Waals surface area contributed by atoms with E-state index in [2.05, 4.69) is 35.3 Å².